The Bertz CT molecular complexity index is 553. The fourth-order valence-electron chi connectivity index (χ4n) is 1.39. The Labute approximate surface area is 105 Å². The molecule has 0 amide bonds. The summed E-state index contributed by atoms with van der Waals surface area (Å²) in [6.07, 6.45) is 1.56. The van der Waals surface area contributed by atoms with Crippen LogP contribution in [0.25, 0.3) is 11.1 Å². The SMILES string of the molecule is Cn1ncc(-c2ccc(Br)c(F)c2Cl)c1N. The fourth-order valence-corrected chi connectivity index (χ4v) is 2.10. The Morgan fingerprint density at radius 1 is 1.44 bits per heavy atom. The monoisotopic (exact) mass is 303 g/mol. The van der Waals surface area contributed by atoms with Crippen molar-refractivity contribution in [2.24, 2.45) is 7.05 Å². The van der Waals surface area contributed by atoms with Gasteiger partial charge in [-0.05, 0) is 22.0 Å². The number of nitrogens with zero attached hydrogens (tertiary/aromatic N) is 2. The van der Waals surface area contributed by atoms with Gasteiger partial charge in [0.25, 0.3) is 0 Å². The summed E-state index contributed by atoms with van der Waals surface area (Å²) in [6.45, 7) is 0. The van der Waals surface area contributed by atoms with Gasteiger partial charge in [0, 0.05) is 18.2 Å². The Morgan fingerprint density at radius 2 is 2.12 bits per heavy atom. The molecule has 1 aromatic carbocycles. The molecule has 0 bridgehead atoms. The van der Waals surface area contributed by atoms with Gasteiger partial charge in [-0.15, -0.1) is 0 Å². The summed E-state index contributed by atoms with van der Waals surface area (Å²) in [4.78, 5) is 0. The number of rotatable bonds is 1. The van der Waals surface area contributed by atoms with Crippen molar-refractivity contribution in [2.75, 3.05) is 5.73 Å². The minimum absolute atomic E-state index is 0.0362. The zero-order chi connectivity index (χ0) is 11.9. The molecule has 0 aliphatic heterocycles. The lowest BCUT2D eigenvalue weighted by molar-refractivity contribution is 0.622. The van der Waals surface area contributed by atoms with Gasteiger partial charge >= 0.3 is 0 Å². The van der Waals surface area contributed by atoms with E-state index < -0.39 is 5.82 Å². The highest BCUT2D eigenvalue weighted by Crippen LogP contribution is 2.35. The topological polar surface area (TPSA) is 43.8 Å². The lowest BCUT2D eigenvalue weighted by Crippen LogP contribution is -1.98. The van der Waals surface area contributed by atoms with E-state index in [1.807, 2.05) is 0 Å². The van der Waals surface area contributed by atoms with Gasteiger partial charge in [0.15, 0.2) is 5.82 Å². The van der Waals surface area contributed by atoms with Crippen LogP contribution < -0.4 is 5.73 Å². The number of anilines is 1. The van der Waals surface area contributed by atoms with Crippen LogP contribution in [0, 0.1) is 5.82 Å². The van der Waals surface area contributed by atoms with Crippen molar-refractivity contribution in [1.29, 1.82) is 0 Å². The van der Waals surface area contributed by atoms with Crippen molar-refractivity contribution in [3.63, 3.8) is 0 Å². The van der Waals surface area contributed by atoms with Gasteiger partial charge in [0.2, 0.25) is 0 Å². The van der Waals surface area contributed by atoms with E-state index in [9.17, 15) is 4.39 Å². The molecule has 6 heteroatoms. The molecule has 0 aliphatic carbocycles. The average Bonchev–Trinajstić information content (AvgIpc) is 2.58. The van der Waals surface area contributed by atoms with Gasteiger partial charge in [-0.3, -0.25) is 4.68 Å². The first-order chi connectivity index (χ1) is 7.52. The smallest absolute Gasteiger partial charge is 0.156 e. The predicted octanol–water partition coefficient (Wildman–Crippen LogP) is 3.22. The van der Waals surface area contributed by atoms with Crippen LogP contribution in [-0.2, 0) is 7.05 Å². The number of halogens is 3. The number of hydrogen-bond donors (Lipinski definition) is 1. The van der Waals surface area contributed by atoms with Gasteiger partial charge in [-0.25, -0.2) is 4.39 Å². The molecule has 0 atom stereocenters. The summed E-state index contributed by atoms with van der Waals surface area (Å²) in [6, 6.07) is 3.28. The van der Waals surface area contributed by atoms with Gasteiger partial charge in [-0.1, -0.05) is 17.7 Å². The second-order valence-electron chi connectivity index (χ2n) is 3.29. The third kappa shape index (κ3) is 1.70. The number of aromatic nitrogens is 2. The van der Waals surface area contributed by atoms with Gasteiger partial charge < -0.3 is 5.73 Å². The van der Waals surface area contributed by atoms with E-state index in [4.69, 9.17) is 17.3 Å². The molecule has 0 saturated heterocycles. The number of nitrogen functional groups attached to an aromatic ring is 1. The molecule has 0 aliphatic rings. The Kier molecular flexibility index (Phi) is 2.90. The highest BCUT2D eigenvalue weighted by molar-refractivity contribution is 9.10. The van der Waals surface area contributed by atoms with Gasteiger partial charge in [-0.2, -0.15) is 5.10 Å². The summed E-state index contributed by atoms with van der Waals surface area (Å²) in [5.74, 6) is -0.0500. The molecule has 16 heavy (non-hydrogen) atoms. The largest absolute Gasteiger partial charge is 0.383 e. The first kappa shape index (κ1) is 11.4. The van der Waals surface area contributed by atoms with Crippen LogP contribution in [0.3, 0.4) is 0 Å². The average molecular weight is 305 g/mol. The van der Waals surface area contributed by atoms with Crippen molar-refractivity contribution in [3.8, 4) is 11.1 Å². The summed E-state index contributed by atoms with van der Waals surface area (Å²) in [7, 11) is 1.71. The third-order valence-corrected chi connectivity index (χ3v) is 3.29. The van der Waals surface area contributed by atoms with E-state index in [1.54, 1.807) is 25.4 Å². The molecule has 2 N–H and O–H groups in total. The van der Waals surface area contributed by atoms with Crippen molar-refractivity contribution in [2.45, 2.75) is 0 Å². The quantitative estimate of drug-likeness (QED) is 0.822. The summed E-state index contributed by atoms with van der Waals surface area (Å²) in [5, 5.41) is 4.02. The highest BCUT2D eigenvalue weighted by Gasteiger charge is 2.15. The van der Waals surface area contributed by atoms with E-state index in [1.165, 1.54) is 4.68 Å². The van der Waals surface area contributed by atoms with E-state index >= 15 is 0 Å². The van der Waals surface area contributed by atoms with E-state index in [-0.39, 0.29) is 5.02 Å². The van der Waals surface area contributed by atoms with Crippen LogP contribution in [0.1, 0.15) is 0 Å². The second kappa shape index (κ2) is 4.07. The van der Waals surface area contributed by atoms with Gasteiger partial charge in [0.1, 0.15) is 5.82 Å². The minimum Gasteiger partial charge on any atom is -0.383 e. The number of nitrogens with two attached hydrogens (primary N) is 1. The van der Waals surface area contributed by atoms with Crippen LogP contribution in [0.4, 0.5) is 10.2 Å². The van der Waals surface area contributed by atoms with Crippen molar-refractivity contribution in [1.82, 2.24) is 9.78 Å². The number of benzene rings is 1. The molecule has 84 valence electrons. The molecule has 2 aromatic rings. The molecule has 0 spiro atoms. The van der Waals surface area contributed by atoms with Crippen molar-refractivity contribution in [3.05, 3.63) is 33.6 Å². The molecule has 2 rings (SSSR count). The molecule has 0 saturated carbocycles. The summed E-state index contributed by atoms with van der Waals surface area (Å²) < 4.78 is 15.4. The standard InChI is InChI=1S/C10H8BrClFN3/c1-16-10(14)6(4-15-16)5-2-3-7(11)9(13)8(5)12/h2-4H,14H2,1H3. The predicted molar refractivity (Wildman–Crippen MR) is 65.7 cm³/mol. The Hall–Kier alpha value is -1.07. The van der Waals surface area contributed by atoms with Crippen LogP contribution in [-0.4, -0.2) is 9.78 Å². The molecule has 0 radical (unpaired) electrons. The van der Waals surface area contributed by atoms with E-state index in [0.717, 1.165) is 0 Å². The maximum absolute atomic E-state index is 13.6. The van der Waals surface area contributed by atoms with E-state index in [0.29, 0.717) is 21.4 Å². The van der Waals surface area contributed by atoms with Crippen molar-refractivity contribution >= 4 is 33.3 Å². The summed E-state index contributed by atoms with van der Waals surface area (Å²) >= 11 is 8.98. The van der Waals surface area contributed by atoms with Crippen molar-refractivity contribution < 1.29 is 4.39 Å². The van der Waals surface area contributed by atoms with E-state index in [2.05, 4.69) is 21.0 Å². The fraction of sp³-hybridized carbons (Fsp3) is 0.100. The van der Waals surface area contributed by atoms with Gasteiger partial charge in [0.05, 0.1) is 15.7 Å². The van der Waals surface area contributed by atoms with Crippen LogP contribution in [0.15, 0.2) is 22.8 Å². The first-order valence-electron chi connectivity index (χ1n) is 4.43. The molecule has 3 nitrogen and oxygen atoms in total. The second-order valence-corrected chi connectivity index (χ2v) is 4.52. The van der Waals surface area contributed by atoms with Crippen LogP contribution in [0.5, 0.6) is 0 Å². The lowest BCUT2D eigenvalue weighted by Gasteiger charge is -2.05. The Balaban J connectivity index is 2.66. The molecular formula is C10H8BrClFN3. The maximum atomic E-state index is 13.6. The Morgan fingerprint density at radius 3 is 2.69 bits per heavy atom. The van der Waals surface area contributed by atoms with Crippen LogP contribution >= 0.6 is 27.5 Å². The molecular weight excluding hydrogens is 296 g/mol. The van der Waals surface area contributed by atoms with Crippen LogP contribution in [0.2, 0.25) is 5.02 Å². The lowest BCUT2D eigenvalue weighted by atomic mass is 10.1. The summed E-state index contributed by atoms with van der Waals surface area (Å²) in [5.41, 5.74) is 6.96. The highest BCUT2D eigenvalue weighted by atomic mass is 79.9. The normalized spacial score (nSPS) is 10.8. The molecule has 1 aromatic heterocycles. The minimum atomic E-state index is -0.498. The first-order valence-corrected chi connectivity index (χ1v) is 5.60. The zero-order valence-electron chi connectivity index (χ0n) is 8.34. The molecule has 1 heterocycles. The molecule has 0 fully saturated rings. The number of hydrogen-bond acceptors (Lipinski definition) is 2. The number of aryl methyl sites for hydroxylation is 1. The maximum Gasteiger partial charge on any atom is 0.156 e. The zero-order valence-corrected chi connectivity index (χ0v) is 10.7. The molecule has 0 unspecified atom stereocenters. The third-order valence-electron chi connectivity index (χ3n) is 2.31.